The van der Waals surface area contributed by atoms with Crippen LogP contribution in [0.3, 0.4) is 0 Å². The van der Waals surface area contributed by atoms with E-state index in [2.05, 4.69) is 25.6 Å². The van der Waals surface area contributed by atoms with E-state index in [4.69, 9.17) is 15.6 Å². The highest BCUT2D eigenvalue weighted by Gasteiger charge is 2.38. The SMILES string of the molecule is NC(=O)c1ccc(Nc2nc(NCCF)c3ccnc-3[nH]2)cc1.O=C(O)C(F)(F)F. The van der Waals surface area contributed by atoms with Crippen LogP contribution in [0, 0.1) is 0 Å². The van der Waals surface area contributed by atoms with Crippen LogP contribution in [0.25, 0.3) is 11.4 Å². The first-order valence-corrected chi connectivity index (χ1v) is 8.23. The maximum Gasteiger partial charge on any atom is 0.490 e. The summed E-state index contributed by atoms with van der Waals surface area (Å²) >= 11 is 0. The van der Waals surface area contributed by atoms with Crippen LogP contribution in [0.2, 0.25) is 0 Å². The lowest BCUT2D eigenvalue weighted by atomic mass is 10.2. The Bertz CT molecular complexity index is 974. The number of rotatable bonds is 6. The molecule has 30 heavy (non-hydrogen) atoms. The van der Waals surface area contributed by atoms with Crippen molar-refractivity contribution in [3.63, 3.8) is 0 Å². The second-order valence-corrected chi connectivity index (χ2v) is 5.63. The number of anilines is 3. The van der Waals surface area contributed by atoms with Gasteiger partial charge in [-0.1, -0.05) is 0 Å². The van der Waals surface area contributed by atoms with Crippen LogP contribution >= 0.6 is 0 Å². The van der Waals surface area contributed by atoms with E-state index in [1.165, 1.54) is 0 Å². The van der Waals surface area contributed by atoms with Crippen molar-refractivity contribution in [2.45, 2.75) is 6.18 Å². The van der Waals surface area contributed by atoms with Gasteiger partial charge in [0.25, 0.3) is 0 Å². The van der Waals surface area contributed by atoms with Gasteiger partial charge in [-0.3, -0.25) is 4.79 Å². The van der Waals surface area contributed by atoms with Crippen molar-refractivity contribution in [3.05, 3.63) is 42.1 Å². The van der Waals surface area contributed by atoms with Gasteiger partial charge in [-0.2, -0.15) is 18.2 Å². The first-order chi connectivity index (χ1) is 14.1. The number of H-pyrrole nitrogens is 1. The third-order valence-electron chi connectivity index (χ3n) is 3.48. The molecule has 0 bridgehead atoms. The van der Waals surface area contributed by atoms with Crippen molar-refractivity contribution in [3.8, 4) is 11.4 Å². The van der Waals surface area contributed by atoms with Crippen LogP contribution in [0.4, 0.5) is 35.0 Å². The molecule has 9 nitrogen and oxygen atoms in total. The van der Waals surface area contributed by atoms with E-state index in [1.54, 1.807) is 36.5 Å². The standard InChI is InChI=1S/C15H15FN6O.C2HF3O2/c16-6-8-19-14-11-5-7-18-13(11)21-15(22-14)20-10-3-1-9(2-4-10)12(17)23;3-2(4,5)1(6)7/h1-5,7H,6,8H2,(H2,17,23)(H3,18,19,20,21,22);(H,6,7). The van der Waals surface area contributed by atoms with Gasteiger partial charge in [0.05, 0.1) is 5.56 Å². The first kappa shape index (κ1) is 22.4. The zero-order chi connectivity index (χ0) is 22.3. The molecule has 0 aliphatic carbocycles. The minimum absolute atomic E-state index is 0.171. The lowest BCUT2D eigenvalue weighted by Crippen LogP contribution is -2.21. The number of aliphatic carboxylic acids is 1. The van der Waals surface area contributed by atoms with Crippen LogP contribution in [0.5, 0.6) is 0 Å². The Balaban J connectivity index is 0.000000396. The Hall–Kier alpha value is -3.90. The smallest absolute Gasteiger partial charge is 0.475 e. The lowest BCUT2D eigenvalue weighted by molar-refractivity contribution is -0.192. The molecule has 1 amide bonds. The third-order valence-corrected chi connectivity index (χ3v) is 3.48. The molecule has 0 aromatic heterocycles. The van der Waals surface area contributed by atoms with Crippen molar-refractivity contribution in [2.24, 2.45) is 5.73 Å². The first-order valence-electron chi connectivity index (χ1n) is 8.23. The molecule has 2 aliphatic heterocycles. The molecule has 0 radical (unpaired) electrons. The number of primary amides is 1. The van der Waals surface area contributed by atoms with Gasteiger partial charge in [-0.15, -0.1) is 0 Å². The van der Waals surface area contributed by atoms with Crippen molar-refractivity contribution in [1.82, 2.24) is 15.0 Å². The van der Waals surface area contributed by atoms with Crippen molar-refractivity contribution in [1.29, 1.82) is 0 Å². The zero-order valence-corrected chi connectivity index (χ0v) is 15.1. The number of aromatic nitrogens is 3. The van der Waals surface area contributed by atoms with Gasteiger partial charge in [-0.25, -0.2) is 14.2 Å². The van der Waals surface area contributed by atoms with Gasteiger partial charge >= 0.3 is 12.1 Å². The number of hydrogen-bond donors (Lipinski definition) is 5. The Morgan fingerprint density at radius 1 is 1.17 bits per heavy atom. The fraction of sp³-hybridized carbons (Fsp3) is 0.176. The molecule has 6 N–H and O–H groups in total. The highest BCUT2D eigenvalue weighted by Crippen LogP contribution is 2.28. The van der Waals surface area contributed by atoms with Crippen LogP contribution in [0.15, 0.2) is 36.5 Å². The lowest BCUT2D eigenvalue weighted by Gasteiger charge is -2.12. The number of hydrogen-bond acceptors (Lipinski definition) is 6. The van der Waals surface area contributed by atoms with Crippen LogP contribution in [0.1, 0.15) is 10.4 Å². The molecule has 0 atom stereocenters. The van der Waals surface area contributed by atoms with Crippen molar-refractivity contribution in [2.75, 3.05) is 23.9 Å². The summed E-state index contributed by atoms with van der Waals surface area (Å²) in [5.74, 6) is -1.61. The van der Waals surface area contributed by atoms with Crippen LogP contribution < -0.4 is 16.4 Å². The Kier molecular flexibility index (Phi) is 7.12. The van der Waals surface area contributed by atoms with Gasteiger partial charge < -0.3 is 26.5 Å². The summed E-state index contributed by atoms with van der Waals surface area (Å²) in [5.41, 5.74) is 7.14. The van der Waals surface area contributed by atoms with E-state index in [0.29, 0.717) is 23.2 Å². The Morgan fingerprint density at radius 2 is 1.80 bits per heavy atom. The van der Waals surface area contributed by atoms with Gasteiger partial charge in [0, 0.05) is 24.0 Å². The molecule has 2 heterocycles. The molecular formula is C17H16F4N6O3. The average molecular weight is 428 g/mol. The van der Waals surface area contributed by atoms with Crippen molar-refractivity contribution < 1.29 is 32.3 Å². The minimum atomic E-state index is -5.08. The normalized spacial score (nSPS) is 10.8. The number of alkyl halides is 4. The van der Waals surface area contributed by atoms with E-state index >= 15 is 0 Å². The van der Waals surface area contributed by atoms with E-state index in [9.17, 15) is 22.4 Å². The van der Waals surface area contributed by atoms with Gasteiger partial charge in [-0.05, 0) is 30.3 Å². The van der Waals surface area contributed by atoms with Crippen LogP contribution in [-0.4, -0.2) is 51.3 Å². The molecule has 0 unspecified atom stereocenters. The molecule has 13 heteroatoms. The second kappa shape index (κ2) is 9.54. The summed E-state index contributed by atoms with van der Waals surface area (Å²) < 4.78 is 44.1. The van der Waals surface area contributed by atoms with Crippen LogP contribution in [-0.2, 0) is 4.79 Å². The summed E-state index contributed by atoms with van der Waals surface area (Å²) in [6.07, 6.45) is -3.44. The fourth-order valence-corrected chi connectivity index (χ4v) is 2.15. The molecule has 0 saturated carbocycles. The minimum Gasteiger partial charge on any atom is -0.475 e. The number of nitrogens with zero attached hydrogens (tertiary/aromatic N) is 2. The highest BCUT2D eigenvalue weighted by atomic mass is 19.4. The highest BCUT2D eigenvalue weighted by molar-refractivity contribution is 5.93. The Morgan fingerprint density at radius 3 is 2.33 bits per heavy atom. The molecule has 0 saturated heterocycles. The molecule has 1 aromatic rings. The molecule has 160 valence electrons. The number of amides is 1. The second-order valence-electron chi connectivity index (χ2n) is 5.63. The molecule has 0 fully saturated rings. The number of aromatic amines is 1. The summed E-state index contributed by atoms with van der Waals surface area (Å²) in [7, 11) is 0. The number of carbonyl (C=O) groups excluding carboxylic acids is 1. The topological polar surface area (TPSA) is 146 Å². The average Bonchev–Trinajstić information content (AvgIpc) is 3.15. The number of nitrogens with one attached hydrogen (secondary N) is 3. The number of carboxylic acids is 1. The van der Waals surface area contributed by atoms with Gasteiger partial charge in [0.15, 0.2) is 0 Å². The third kappa shape index (κ3) is 6.05. The molecular weight excluding hydrogens is 412 g/mol. The summed E-state index contributed by atoms with van der Waals surface area (Å²) in [6.45, 7) is -0.322. The number of fused-ring (bicyclic) bond motifs is 1. The maximum absolute atomic E-state index is 12.4. The van der Waals surface area contributed by atoms with Gasteiger partial charge in [0.2, 0.25) is 11.9 Å². The number of carbonyl (C=O) groups is 2. The quantitative estimate of drug-likeness (QED) is 0.380. The number of benzene rings is 1. The van der Waals surface area contributed by atoms with E-state index in [1.807, 2.05) is 0 Å². The Labute approximate surface area is 166 Å². The summed E-state index contributed by atoms with van der Waals surface area (Å²) in [4.78, 5) is 31.6. The summed E-state index contributed by atoms with van der Waals surface area (Å²) in [5, 5.41) is 13.1. The largest absolute Gasteiger partial charge is 0.490 e. The van der Waals surface area contributed by atoms with E-state index in [-0.39, 0.29) is 6.54 Å². The predicted molar refractivity (Wildman–Crippen MR) is 99.4 cm³/mol. The molecule has 1 aromatic carbocycles. The predicted octanol–water partition coefficient (Wildman–Crippen LogP) is 2.77. The number of carboxylic acid groups (broad SMARTS) is 1. The van der Waals surface area contributed by atoms with Crippen molar-refractivity contribution >= 4 is 29.3 Å². The van der Waals surface area contributed by atoms with Gasteiger partial charge in [0.1, 0.15) is 18.3 Å². The maximum atomic E-state index is 12.4. The monoisotopic (exact) mass is 428 g/mol. The molecule has 3 rings (SSSR count). The zero-order valence-electron chi connectivity index (χ0n) is 15.1. The van der Waals surface area contributed by atoms with E-state index in [0.717, 1.165) is 11.3 Å². The molecule has 0 spiro atoms. The number of nitrogens with two attached hydrogens (primary N) is 1. The van der Waals surface area contributed by atoms with E-state index < -0.39 is 24.7 Å². The fourth-order valence-electron chi connectivity index (χ4n) is 2.15. The molecule has 2 aliphatic rings. The number of halogens is 4. The summed E-state index contributed by atoms with van der Waals surface area (Å²) in [6, 6.07) is 8.46.